The van der Waals surface area contributed by atoms with Crippen molar-refractivity contribution in [2.24, 2.45) is 4.99 Å². The molecule has 0 saturated carbocycles. The first-order valence-corrected chi connectivity index (χ1v) is 10.4. The van der Waals surface area contributed by atoms with E-state index in [1.807, 2.05) is 40.9 Å². The van der Waals surface area contributed by atoms with Gasteiger partial charge in [0.1, 0.15) is 12.4 Å². The number of rotatable bonds is 10. The molecule has 0 aliphatic heterocycles. The van der Waals surface area contributed by atoms with Gasteiger partial charge in [0, 0.05) is 26.3 Å². The van der Waals surface area contributed by atoms with Gasteiger partial charge in [-0.15, -0.1) is 34.2 Å². The van der Waals surface area contributed by atoms with Crippen LogP contribution >= 0.6 is 24.0 Å². The van der Waals surface area contributed by atoms with E-state index in [4.69, 9.17) is 4.74 Å². The first kappa shape index (κ1) is 24.9. The second-order valence-electron chi connectivity index (χ2n) is 6.84. The van der Waals surface area contributed by atoms with E-state index < -0.39 is 0 Å². The topological polar surface area (TPSA) is 79.1 Å². The number of guanidine groups is 1. The number of benzene rings is 1. The molecule has 0 atom stereocenters. The maximum absolute atomic E-state index is 5.84. The maximum atomic E-state index is 5.84. The molecule has 2 heterocycles. The Morgan fingerprint density at radius 2 is 1.77 bits per heavy atom. The molecule has 0 unspecified atom stereocenters. The SMILES string of the molecule is CCN(CC)CCOc1ccc(CNC(=NC)NCc2nnc3ccccn23)cc1.I. The summed E-state index contributed by atoms with van der Waals surface area (Å²) >= 11 is 0. The Balaban J connectivity index is 0.00000341. The van der Waals surface area contributed by atoms with Crippen LogP contribution in [0.5, 0.6) is 5.75 Å². The molecular weight excluding hydrogens is 505 g/mol. The highest BCUT2D eigenvalue weighted by atomic mass is 127. The summed E-state index contributed by atoms with van der Waals surface area (Å²) < 4.78 is 7.80. The zero-order valence-corrected chi connectivity index (χ0v) is 20.7. The second-order valence-corrected chi connectivity index (χ2v) is 6.84. The van der Waals surface area contributed by atoms with Gasteiger partial charge in [0.15, 0.2) is 17.4 Å². The van der Waals surface area contributed by atoms with Crippen LogP contribution in [0.4, 0.5) is 0 Å². The summed E-state index contributed by atoms with van der Waals surface area (Å²) in [4.78, 5) is 6.63. The maximum Gasteiger partial charge on any atom is 0.191 e. The molecule has 0 saturated heterocycles. The van der Waals surface area contributed by atoms with Gasteiger partial charge in [0.05, 0.1) is 6.54 Å². The van der Waals surface area contributed by atoms with Crippen LogP contribution in [-0.4, -0.2) is 58.7 Å². The highest BCUT2D eigenvalue weighted by Gasteiger charge is 2.06. The molecule has 0 fully saturated rings. The fourth-order valence-corrected chi connectivity index (χ4v) is 3.12. The highest BCUT2D eigenvalue weighted by Crippen LogP contribution is 2.12. The zero-order valence-electron chi connectivity index (χ0n) is 18.4. The average molecular weight is 537 g/mol. The van der Waals surface area contributed by atoms with Gasteiger partial charge in [-0.3, -0.25) is 9.39 Å². The predicted molar refractivity (Wildman–Crippen MR) is 135 cm³/mol. The van der Waals surface area contributed by atoms with E-state index in [2.05, 4.69) is 56.7 Å². The normalized spacial score (nSPS) is 11.4. The minimum absolute atomic E-state index is 0. The van der Waals surface area contributed by atoms with Crippen LogP contribution in [0.1, 0.15) is 25.2 Å². The number of halogens is 1. The van der Waals surface area contributed by atoms with Crippen LogP contribution in [0.2, 0.25) is 0 Å². The first-order valence-electron chi connectivity index (χ1n) is 10.4. The Kier molecular flexibility index (Phi) is 10.5. The van der Waals surface area contributed by atoms with Crippen LogP contribution in [0, 0.1) is 0 Å². The summed E-state index contributed by atoms with van der Waals surface area (Å²) in [6.07, 6.45) is 1.95. The molecule has 1 aromatic carbocycles. The van der Waals surface area contributed by atoms with Crippen LogP contribution in [-0.2, 0) is 13.1 Å². The van der Waals surface area contributed by atoms with Crippen molar-refractivity contribution in [3.63, 3.8) is 0 Å². The van der Waals surface area contributed by atoms with Crippen molar-refractivity contribution >= 4 is 35.6 Å². The molecule has 0 aliphatic rings. The van der Waals surface area contributed by atoms with Crippen molar-refractivity contribution in [2.45, 2.75) is 26.9 Å². The molecule has 2 aromatic heterocycles. The summed E-state index contributed by atoms with van der Waals surface area (Å²) in [6.45, 7) is 9.28. The molecule has 3 rings (SSSR count). The molecule has 0 amide bonds. The van der Waals surface area contributed by atoms with Crippen molar-refractivity contribution in [3.05, 3.63) is 60.0 Å². The third-order valence-corrected chi connectivity index (χ3v) is 4.98. The van der Waals surface area contributed by atoms with Gasteiger partial charge in [-0.2, -0.15) is 0 Å². The molecule has 8 nitrogen and oxygen atoms in total. The number of fused-ring (bicyclic) bond motifs is 1. The van der Waals surface area contributed by atoms with E-state index in [0.717, 1.165) is 42.4 Å². The van der Waals surface area contributed by atoms with Crippen molar-refractivity contribution in [1.29, 1.82) is 0 Å². The number of hydrogen-bond acceptors (Lipinski definition) is 5. The van der Waals surface area contributed by atoms with Gasteiger partial charge < -0.3 is 20.3 Å². The summed E-state index contributed by atoms with van der Waals surface area (Å²) in [5.41, 5.74) is 1.98. The number of ether oxygens (including phenoxy) is 1. The molecule has 168 valence electrons. The third-order valence-electron chi connectivity index (χ3n) is 4.98. The van der Waals surface area contributed by atoms with E-state index in [9.17, 15) is 0 Å². The van der Waals surface area contributed by atoms with Gasteiger partial charge in [-0.25, -0.2) is 0 Å². The Hall–Kier alpha value is -2.40. The number of nitrogens with zero attached hydrogens (tertiary/aromatic N) is 5. The quantitative estimate of drug-likeness (QED) is 0.235. The number of pyridine rings is 1. The molecular formula is C22H32IN7O. The zero-order chi connectivity index (χ0) is 21.2. The average Bonchev–Trinajstić information content (AvgIpc) is 3.21. The summed E-state index contributed by atoms with van der Waals surface area (Å²) in [7, 11) is 1.75. The van der Waals surface area contributed by atoms with E-state index in [1.54, 1.807) is 7.05 Å². The number of hydrogen-bond donors (Lipinski definition) is 2. The largest absolute Gasteiger partial charge is 0.492 e. The molecule has 0 spiro atoms. The standard InChI is InChI=1S/C22H31N7O.HI/c1-4-28(5-2)14-15-30-19-11-9-18(10-12-19)16-24-22(23-3)25-17-21-27-26-20-8-6-7-13-29(20)21;/h6-13H,4-5,14-17H2,1-3H3,(H2,23,24,25);1H. The van der Waals surface area contributed by atoms with Gasteiger partial charge in [-0.05, 0) is 42.9 Å². The van der Waals surface area contributed by atoms with Crippen molar-refractivity contribution in [3.8, 4) is 5.75 Å². The van der Waals surface area contributed by atoms with Gasteiger partial charge in [0.25, 0.3) is 0 Å². The molecule has 31 heavy (non-hydrogen) atoms. The van der Waals surface area contributed by atoms with Crippen LogP contribution in [0.15, 0.2) is 53.7 Å². The van der Waals surface area contributed by atoms with Gasteiger partial charge >= 0.3 is 0 Å². The molecule has 0 aliphatic carbocycles. The summed E-state index contributed by atoms with van der Waals surface area (Å²) in [5, 5.41) is 15.0. The van der Waals surface area contributed by atoms with Crippen molar-refractivity contribution < 1.29 is 4.74 Å². The van der Waals surface area contributed by atoms with Gasteiger partial charge in [-0.1, -0.05) is 32.0 Å². The summed E-state index contributed by atoms with van der Waals surface area (Å²) in [5.74, 6) is 2.44. The summed E-state index contributed by atoms with van der Waals surface area (Å²) in [6, 6.07) is 14.0. The number of nitrogens with one attached hydrogen (secondary N) is 2. The lowest BCUT2D eigenvalue weighted by atomic mass is 10.2. The van der Waals surface area contributed by atoms with Crippen molar-refractivity contribution in [2.75, 3.05) is 33.3 Å². The van der Waals surface area contributed by atoms with Crippen LogP contribution in [0.3, 0.4) is 0 Å². The first-order chi connectivity index (χ1) is 14.7. The molecule has 3 aromatic rings. The minimum Gasteiger partial charge on any atom is -0.492 e. The lowest BCUT2D eigenvalue weighted by Gasteiger charge is -2.18. The number of likely N-dealkylation sites (N-methyl/N-ethyl adjacent to an activating group) is 1. The molecule has 2 N–H and O–H groups in total. The van der Waals surface area contributed by atoms with E-state index in [0.29, 0.717) is 25.7 Å². The minimum atomic E-state index is 0. The number of aromatic nitrogens is 3. The van der Waals surface area contributed by atoms with E-state index in [-0.39, 0.29) is 24.0 Å². The van der Waals surface area contributed by atoms with E-state index in [1.165, 1.54) is 0 Å². The molecule has 9 heteroatoms. The van der Waals surface area contributed by atoms with Crippen LogP contribution < -0.4 is 15.4 Å². The highest BCUT2D eigenvalue weighted by molar-refractivity contribution is 14.0. The Labute approximate surface area is 201 Å². The lowest BCUT2D eigenvalue weighted by Crippen LogP contribution is -2.36. The smallest absolute Gasteiger partial charge is 0.191 e. The lowest BCUT2D eigenvalue weighted by molar-refractivity contribution is 0.223. The van der Waals surface area contributed by atoms with Gasteiger partial charge in [0.2, 0.25) is 0 Å². The number of aliphatic imine (C=N–C) groups is 1. The molecule has 0 radical (unpaired) electrons. The Morgan fingerprint density at radius 3 is 2.48 bits per heavy atom. The monoisotopic (exact) mass is 537 g/mol. The fourth-order valence-electron chi connectivity index (χ4n) is 3.12. The Morgan fingerprint density at radius 1 is 1.03 bits per heavy atom. The van der Waals surface area contributed by atoms with E-state index >= 15 is 0 Å². The second kappa shape index (κ2) is 13.1. The molecule has 0 bridgehead atoms. The van der Waals surface area contributed by atoms with Crippen molar-refractivity contribution in [1.82, 2.24) is 30.1 Å². The predicted octanol–water partition coefficient (Wildman–Crippen LogP) is 2.93. The Bertz CT molecular complexity index is 938. The third kappa shape index (κ3) is 7.35. The fraction of sp³-hybridized carbons (Fsp3) is 0.409. The van der Waals surface area contributed by atoms with Crippen LogP contribution in [0.25, 0.3) is 5.65 Å².